The number of H-pyrrole nitrogens is 1. The fraction of sp³-hybridized carbons (Fsp3) is 0.391. The number of rotatable bonds is 6. The second-order valence-corrected chi connectivity index (χ2v) is 7.72. The van der Waals surface area contributed by atoms with Crippen LogP contribution in [0.2, 0.25) is 0 Å². The second kappa shape index (κ2) is 8.57. The van der Waals surface area contributed by atoms with Crippen LogP contribution in [0, 0.1) is 0 Å². The third-order valence-corrected chi connectivity index (χ3v) is 5.84. The maximum absolute atomic E-state index is 12.9. The molecule has 1 fully saturated rings. The molecular weight excluding hydrogens is 348 g/mol. The normalized spacial score (nSPS) is 17.4. The van der Waals surface area contributed by atoms with E-state index in [2.05, 4.69) is 40.1 Å². The predicted molar refractivity (Wildman–Crippen MR) is 112 cm³/mol. The lowest BCUT2D eigenvalue weighted by atomic mass is 10.0. The lowest BCUT2D eigenvalue weighted by molar-refractivity contribution is -0.132. The minimum absolute atomic E-state index is 0.229. The van der Waals surface area contributed by atoms with E-state index in [0.717, 1.165) is 61.1 Å². The zero-order chi connectivity index (χ0) is 19.3. The summed E-state index contributed by atoms with van der Waals surface area (Å²) in [6.45, 7) is 2.65. The molecule has 0 aliphatic carbocycles. The first-order valence-electron chi connectivity index (χ1n) is 10.1. The van der Waals surface area contributed by atoms with Gasteiger partial charge in [-0.1, -0.05) is 24.3 Å². The van der Waals surface area contributed by atoms with E-state index in [0.29, 0.717) is 12.5 Å². The molecule has 28 heavy (non-hydrogen) atoms. The van der Waals surface area contributed by atoms with Crippen LogP contribution in [0.25, 0.3) is 10.9 Å². The highest BCUT2D eigenvalue weighted by Crippen LogP contribution is 2.21. The van der Waals surface area contributed by atoms with Gasteiger partial charge in [-0.3, -0.25) is 9.78 Å². The summed E-state index contributed by atoms with van der Waals surface area (Å²) >= 11 is 0. The van der Waals surface area contributed by atoms with Gasteiger partial charge in [0.2, 0.25) is 5.91 Å². The molecule has 5 nitrogen and oxygen atoms in total. The molecule has 0 saturated carbocycles. The van der Waals surface area contributed by atoms with Crippen molar-refractivity contribution in [1.29, 1.82) is 0 Å². The topological polar surface area (TPSA) is 52.2 Å². The molecule has 0 bridgehead atoms. The first-order chi connectivity index (χ1) is 13.7. The molecule has 1 amide bonds. The summed E-state index contributed by atoms with van der Waals surface area (Å²) in [6, 6.07) is 14.7. The largest absolute Gasteiger partial charge is 0.361 e. The number of likely N-dealkylation sites (tertiary alicyclic amines) is 1. The molecule has 3 aromatic rings. The number of aromatic amines is 1. The van der Waals surface area contributed by atoms with Crippen molar-refractivity contribution in [3.8, 4) is 0 Å². The number of hydrogen-bond acceptors (Lipinski definition) is 3. The summed E-state index contributed by atoms with van der Waals surface area (Å²) in [7, 11) is 2.17. The van der Waals surface area contributed by atoms with Crippen LogP contribution in [-0.2, 0) is 17.6 Å². The summed E-state index contributed by atoms with van der Waals surface area (Å²) in [5.74, 6) is 0.229. The van der Waals surface area contributed by atoms with E-state index >= 15 is 0 Å². The number of nitrogens with zero attached hydrogens (tertiary/aromatic N) is 3. The minimum Gasteiger partial charge on any atom is -0.361 e. The number of fused-ring (bicyclic) bond motifs is 1. The number of carbonyl (C=O) groups excluding carboxylic acids is 1. The Morgan fingerprint density at radius 1 is 1.25 bits per heavy atom. The van der Waals surface area contributed by atoms with Gasteiger partial charge in [-0.05, 0) is 43.7 Å². The van der Waals surface area contributed by atoms with Gasteiger partial charge in [0.25, 0.3) is 0 Å². The predicted octanol–water partition coefficient (Wildman–Crippen LogP) is 3.27. The van der Waals surface area contributed by atoms with Crippen molar-refractivity contribution in [3.63, 3.8) is 0 Å². The van der Waals surface area contributed by atoms with Crippen LogP contribution in [0.3, 0.4) is 0 Å². The molecule has 146 valence electrons. The van der Waals surface area contributed by atoms with Crippen LogP contribution in [0.1, 0.15) is 24.1 Å². The van der Waals surface area contributed by atoms with E-state index in [9.17, 15) is 4.79 Å². The Kier molecular flexibility index (Phi) is 5.72. The van der Waals surface area contributed by atoms with Crippen molar-refractivity contribution in [1.82, 2.24) is 19.8 Å². The molecule has 1 aliphatic rings. The number of para-hydroxylation sites is 1. The average Bonchev–Trinajstić information content (AvgIpc) is 3.16. The van der Waals surface area contributed by atoms with E-state index in [-0.39, 0.29) is 5.91 Å². The molecular formula is C23H28N4O. The standard InChI is InChI=1S/C23H28N4O/c1-26(14-11-19-7-4-5-12-24-19)20-8-6-13-27(17-20)23(28)15-18-16-25-22-10-3-2-9-21(18)22/h2-5,7,9-10,12,16,20,25H,6,8,11,13-15,17H2,1H3/t20-/m0/s1. The van der Waals surface area contributed by atoms with Crippen LogP contribution in [0.15, 0.2) is 54.9 Å². The Bertz CT molecular complexity index is 921. The van der Waals surface area contributed by atoms with Crippen molar-refractivity contribution in [2.45, 2.75) is 31.7 Å². The summed E-state index contributed by atoms with van der Waals surface area (Å²) in [4.78, 5) is 25.1. The zero-order valence-corrected chi connectivity index (χ0v) is 16.5. The second-order valence-electron chi connectivity index (χ2n) is 7.72. The molecule has 1 aromatic carbocycles. The zero-order valence-electron chi connectivity index (χ0n) is 16.5. The molecule has 3 heterocycles. The fourth-order valence-electron chi connectivity index (χ4n) is 4.11. The molecule has 4 rings (SSSR count). The summed E-state index contributed by atoms with van der Waals surface area (Å²) in [5.41, 5.74) is 3.31. The van der Waals surface area contributed by atoms with Crippen LogP contribution in [0.4, 0.5) is 0 Å². The molecule has 0 radical (unpaired) electrons. The van der Waals surface area contributed by atoms with Crippen molar-refractivity contribution in [2.24, 2.45) is 0 Å². The molecule has 0 spiro atoms. The lowest BCUT2D eigenvalue weighted by Gasteiger charge is -2.37. The molecule has 1 atom stereocenters. The number of piperidine rings is 1. The Labute approximate surface area is 166 Å². The van der Waals surface area contributed by atoms with Crippen molar-refractivity contribution < 1.29 is 4.79 Å². The minimum atomic E-state index is 0.229. The average molecular weight is 377 g/mol. The van der Waals surface area contributed by atoms with Gasteiger partial charge < -0.3 is 14.8 Å². The highest BCUT2D eigenvalue weighted by molar-refractivity contribution is 5.88. The Balaban J connectivity index is 1.34. The quantitative estimate of drug-likeness (QED) is 0.718. The highest BCUT2D eigenvalue weighted by Gasteiger charge is 2.26. The van der Waals surface area contributed by atoms with Gasteiger partial charge >= 0.3 is 0 Å². The van der Waals surface area contributed by atoms with Crippen molar-refractivity contribution in [2.75, 3.05) is 26.7 Å². The number of aromatic nitrogens is 2. The monoisotopic (exact) mass is 376 g/mol. The number of benzene rings is 1. The van der Waals surface area contributed by atoms with E-state index < -0.39 is 0 Å². The number of amides is 1. The highest BCUT2D eigenvalue weighted by atomic mass is 16.2. The molecule has 0 unspecified atom stereocenters. The van der Waals surface area contributed by atoms with Gasteiger partial charge in [-0.2, -0.15) is 0 Å². The smallest absolute Gasteiger partial charge is 0.227 e. The third-order valence-electron chi connectivity index (χ3n) is 5.84. The van der Waals surface area contributed by atoms with Gasteiger partial charge in [0.15, 0.2) is 0 Å². The molecule has 1 N–H and O–H groups in total. The van der Waals surface area contributed by atoms with Crippen LogP contribution in [0.5, 0.6) is 0 Å². The summed E-state index contributed by atoms with van der Waals surface area (Å²) in [6.07, 6.45) is 7.45. The first-order valence-corrected chi connectivity index (χ1v) is 10.1. The van der Waals surface area contributed by atoms with Crippen LogP contribution < -0.4 is 0 Å². The Hall–Kier alpha value is -2.66. The molecule has 1 aliphatic heterocycles. The number of likely N-dealkylation sites (N-methyl/N-ethyl adjacent to an activating group) is 1. The Morgan fingerprint density at radius 3 is 2.96 bits per heavy atom. The van der Waals surface area contributed by atoms with Gasteiger partial charge in [-0.25, -0.2) is 0 Å². The fourth-order valence-corrected chi connectivity index (χ4v) is 4.11. The van der Waals surface area contributed by atoms with Gasteiger partial charge in [0.1, 0.15) is 0 Å². The third kappa shape index (κ3) is 4.25. The van der Waals surface area contributed by atoms with Crippen molar-refractivity contribution in [3.05, 3.63) is 66.1 Å². The SMILES string of the molecule is CN(CCc1ccccn1)[C@H]1CCCN(C(=O)Cc2c[nH]c3ccccc23)C1. The molecule has 2 aromatic heterocycles. The number of pyridine rings is 1. The summed E-state index contributed by atoms with van der Waals surface area (Å²) < 4.78 is 0. The number of carbonyl (C=O) groups is 1. The number of nitrogens with one attached hydrogen (secondary N) is 1. The van der Waals surface area contributed by atoms with E-state index in [1.807, 2.05) is 41.6 Å². The maximum atomic E-state index is 12.9. The number of hydrogen-bond donors (Lipinski definition) is 1. The van der Waals surface area contributed by atoms with Crippen molar-refractivity contribution >= 4 is 16.8 Å². The van der Waals surface area contributed by atoms with Gasteiger partial charge in [0, 0.05) is 61.1 Å². The van der Waals surface area contributed by atoms with Crippen LogP contribution >= 0.6 is 0 Å². The molecule has 5 heteroatoms. The van der Waals surface area contributed by atoms with E-state index in [1.54, 1.807) is 0 Å². The van der Waals surface area contributed by atoms with E-state index in [4.69, 9.17) is 0 Å². The first kappa shape index (κ1) is 18.7. The van der Waals surface area contributed by atoms with Gasteiger partial charge in [-0.15, -0.1) is 0 Å². The Morgan fingerprint density at radius 2 is 2.11 bits per heavy atom. The van der Waals surface area contributed by atoms with Gasteiger partial charge in [0.05, 0.1) is 6.42 Å². The van der Waals surface area contributed by atoms with Crippen LogP contribution in [-0.4, -0.2) is 58.4 Å². The summed E-state index contributed by atoms with van der Waals surface area (Å²) in [5, 5.41) is 1.15. The molecule has 1 saturated heterocycles. The maximum Gasteiger partial charge on any atom is 0.227 e. The lowest BCUT2D eigenvalue weighted by Crippen LogP contribution is -2.49. The van der Waals surface area contributed by atoms with E-state index in [1.165, 1.54) is 0 Å².